The Kier molecular flexibility index (Phi) is 4.53. The van der Waals surface area contributed by atoms with Gasteiger partial charge in [0.2, 0.25) is 0 Å². The smallest absolute Gasteiger partial charge is 0.266 e. The number of thioether (sulfide) groups is 1. The largest absolute Gasteiger partial charge is 0.337 e. The molecule has 0 fully saturated rings. The third-order valence-corrected chi connectivity index (χ3v) is 5.34. The molecule has 0 amide bonds. The van der Waals surface area contributed by atoms with Crippen molar-refractivity contribution in [1.29, 1.82) is 0 Å². The second kappa shape index (κ2) is 7.00. The number of benzene rings is 2. The van der Waals surface area contributed by atoms with Gasteiger partial charge < -0.3 is 4.57 Å². The van der Waals surface area contributed by atoms with Crippen LogP contribution in [0.25, 0.3) is 16.6 Å². The van der Waals surface area contributed by atoms with E-state index in [1.165, 1.54) is 22.4 Å². The topological polar surface area (TPSA) is 52.7 Å². The number of fused-ring (bicyclic) bond motifs is 1. The van der Waals surface area contributed by atoms with Gasteiger partial charge in [-0.05, 0) is 36.8 Å². The van der Waals surface area contributed by atoms with Crippen LogP contribution >= 0.6 is 11.8 Å². The minimum Gasteiger partial charge on any atom is -0.337 e. The maximum atomic E-state index is 14.1. The van der Waals surface area contributed by atoms with Gasteiger partial charge in [-0.3, -0.25) is 9.36 Å². The normalized spacial score (nSPS) is 11.2. The fourth-order valence-corrected chi connectivity index (χ4v) is 3.84. The van der Waals surface area contributed by atoms with Crippen molar-refractivity contribution < 1.29 is 4.39 Å². The molecule has 0 N–H and O–H groups in total. The molecule has 0 bridgehead atoms. The third kappa shape index (κ3) is 3.26. The van der Waals surface area contributed by atoms with Gasteiger partial charge >= 0.3 is 0 Å². The lowest BCUT2D eigenvalue weighted by atomic mass is 10.2. The minimum atomic E-state index is -0.354. The predicted molar refractivity (Wildman–Crippen MR) is 105 cm³/mol. The Bertz CT molecular complexity index is 1200. The molecule has 0 aliphatic carbocycles. The number of nitrogens with zero attached hydrogens (tertiary/aromatic N) is 4. The highest BCUT2D eigenvalue weighted by atomic mass is 32.2. The molecule has 0 aliphatic rings. The Labute approximate surface area is 159 Å². The van der Waals surface area contributed by atoms with Crippen molar-refractivity contribution in [3.05, 3.63) is 82.4 Å². The van der Waals surface area contributed by atoms with Gasteiger partial charge in [-0.25, -0.2) is 14.4 Å². The molecule has 4 aromatic rings. The molecular weight excluding hydrogens is 363 g/mol. The van der Waals surface area contributed by atoms with E-state index in [9.17, 15) is 9.18 Å². The Hall–Kier alpha value is -2.93. The molecule has 0 saturated heterocycles. The van der Waals surface area contributed by atoms with Crippen LogP contribution in [0.3, 0.4) is 0 Å². The number of hydrogen-bond acceptors (Lipinski definition) is 4. The summed E-state index contributed by atoms with van der Waals surface area (Å²) in [4.78, 5) is 22.1. The molecule has 0 saturated carbocycles. The molecule has 5 nitrogen and oxygen atoms in total. The molecule has 0 aliphatic heterocycles. The minimum absolute atomic E-state index is 0.216. The Morgan fingerprint density at radius 3 is 2.74 bits per heavy atom. The number of halogens is 1. The lowest BCUT2D eigenvalue weighted by molar-refractivity contribution is 0.615. The van der Waals surface area contributed by atoms with Crippen molar-refractivity contribution in [2.24, 2.45) is 7.05 Å². The molecule has 2 aromatic heterocycles. The van der Waals surface area contributed by atoms with Crippen LogP contribution in [-0.4, -0.2) is 19.1 Å². The van der Waals surface area contributed by atoms with Gasteiger partial charge in [-0.15, -0.1) is 0 Å². The van der Waals surface area contributed by atoms with E-state index in [1.54, 1.807) is 37.4 Å². The number of aromatic nitrogens is 4. The molecule has 2 heterocycles. The van der Waals surface area contributed by atoms with E-state index in [-0.39, 0.29) is 11.4 Å². The van der Waals surface area contributed by atoms with Crippen molar-refractivity contribution in [2.45, 2.75) is 17.8 Å². The number of hydrogen-bond donors (Lipinski definition) is 0. The third-order valence-electron chi connectivity index (χ3n) is 4.41. The van der Waals surface area contributed by atoms with E-state index in [0.717, 1.165) is 5.82 Å². The fourth-order valence-electron chi connectivity index (χ4n) is 2.82. The second-order valence-electron chi connectivity index (χ2n) is 6.23. The molecule has 0 unspecified atom stereocenters. The van der Waals surface area contributed by atoms with Crippen LogP contribution in [0, 0.1) is 12.7 Å². The summed E-state index contributed by atoms with van der Waals surface area (Å²) < 4.78 is 17.5. The van der Waals surface area contributed by atoms with E-state index in [2.05, 4.69) is 9.97 Å². The monoisotopic (exact) mass is 380 g/mol. The molecule has 136 valence electrons. The molecule has 4 rings (SSSR count). The SMILES string of the molecule is Cc1ccc(-n2c(SCc3nccn3C)nc3ccccc3c2=O)cc1F. The summed E-state index contributed by atoms with van der Waals surface area (Å²) >= 11 is 1.40. The van der Waals surface area contributed by atoms with Crippen LogP contribution in [0.2, 0.25) is 0 Å². The van der Waals surface area contributed by atoms with Gasteiger partial charge in [-0.1, -0.05) is 30.0 Å². The van der Waals surface area contributed by atoms with E-state index >= 15 is 0 Å². The van der Waals surface area contributed by atoms with Crippen molar-refractivity contribution in [3.63, 3.8) is 0 Å². The van der Waals surface area contributed by atoms with Gasteiger partial charge in [0.05, 0.1) is 22.3 Å². The predicted octanol–water partition coefficient (Wildman–Crippen LogP) is 3.86. The summed E-state index contributed by atoms with van der Waals surface area (Å²) in [5.74, 6) is 1.06. The lowest BCUT2D eigenvalue weighted by Crippen LogP contribution is -2.22. The zero-order valence-corrected chi connectivity index (χ0v) is 15.7. The highest BCUT2D eigenvalue weighted by molar-refractivity contribution is 7.98. The van der Waals surface area contributed by atoms with Gasteiger partial charge in [0.1, 0.15) is 11.6 Å². The first-order chi connectivity index (χ1) is 13.0. The zero-order valence-electron chi connectivity index (χ0n) is 14.9. The Morgan fingerprint density at radius 2 is 2.00 bits per heavy atom. The quantitative estimate of drug-likeness (QED) is 0.399. The van der Waals surface area contributed by atoms with Gasteiger partial charge in [-0.2, -0.15) is 0 Å². The summed E-state index contributed by atoms with van der Waals surface area (Å²) in [6, 6.07) is 12.0. The van der Waals surface area contributed by atoms with Crippen molar-refractivity contribution in [1.82, 2.24) is 19.1 Å². The lowest BCUT2D eigenvalue weighted by Gasteiger charge is -2.13. The van der Waals surface area contributed by atoms with E-state index in [0.29, 0.717) is 33.1 Å². The summed E-state index contributed by atoms with van der Waals surface area (Å²) in [5, 5.41) is 1.00. The maximum absolute atomic E-state index is 14.1. The summed E-state index contributed by atoms with van der Waals surface area (Å²) in [7, 11) is 1.92. The highest BCUT2D eigenvalue weighted by Gasteiger charge is 2.15. The molecule has 27 heavy (non-hydrogen) atoms. The Morgan fingerprint density at radius 1 is 1.19 bits per heavy atom. The number of aryl methyl sites for hydroxylation is 2. The molecule has 7 heteroatoms. The first kappa shape index (κ1) is 17.5. The summed E-state index contributed by atoms with van der Waals surface area (Å²) in [5.41, 5.74) is 1.39. The van der Waals surface area contributed by atoms with Crippen LogP contribution in [-0.2, 0) is 12.8 Å². The van der Waals surface area contributed by atoms with Crippen LogP contribution in [0.4, 0.5) is 4.39 Å². The number of para-hydroxylation sites is 1. The fraction of sp³-hybridized carbons (Fsp3) is 0.150. The number of imidazole rings is 1. The van der Waals surface area contributed by atoms with E-state index in [4.69, 9.17) is 0 Å². The van der Waals surface area contributed by atoms with E-state index in [1.807, 2.05) is 29.9 Å². The van der Waals surface area contributed by atoms with Crippen LogP contribution in [0.1, 0.15) is 11.4 Å². The van der Waals surface area contributed by atoms with Gasteiger partial charge in [0, 0.05) is 19.4 Å². The van der Waals surface area contributed by atoms with Gasteiger partial charge in [0.25, 0.3) is 5.56 Å². The molecular formula is C20H17FN4OS. The van der Waals surface area contributed by atoms with Crippen LogP contribution in [0.15, 0.2) is 64.8 Å². The first-order valence-corrected chi connectivity index (χ1v) is 9.40. The molecule has 0 atom stereocenters. The zero-order chi connectivity index (χ0) is 19.0. The van der Waals surface area contributed by atoms with Gasteiger partial charge in [0.15, 0.2) is 5.16 Å². The molecule has 0 spiro atoms. The standard InChI is InChI=1S/C20H17FN4OS/c1-13-7-8-14(11-16(13)21)25-19(26)15-5-3-4-6-17(15)23-20(25)27-12-18-22-9-10-24(18)2/h3-11H,12H2,1-2H3. The van der Waals surface area contributed by atoms with Crippen molar-refractivity contribution in [2.75, 3.05) is 0 Å². The Balaban J connectivity index is 1.88. The molecule has 2 aromatic carbocycles. The molecule has 0 radical (unpaired) electrons. The second-order valence-corrected chi connectivity index (χ2v) is 7.17. The summed E-state index contributed by atoms with van der Waals surface area (Å²) in [6.07, 6.45) is 3.60. The average Bonchev–Trinajstić information content (AvgIpc) is 3.07. The van der Waals surface area contributed by atoms with Crippen molar-refractivity contribution in [3.8, 4) is 5.69 Å². The van der Waals surface area contributed by atoms with Crippen LogP contribution < -0.4 is 5.56 Å². The average molecular weight is 380 g/mol. The van der Waals surface area contributed by atoms with E-state index < -0.39 is 0 Å². The summed E-state index contributed by atoms with van der Waals surface area (Å²) in [6.45, 7) is 1.69. The first-order valence-electron chi connectivity index (χ1n) is 8.42. The van der Waals surface area contributed by atoms with Crippen molar-refractivity contribution >= 4 is 22.7 Å². The number of rotatable bonds is 4. The maximum Gasteiger partial charge on any atom is 0.266 e. The highest BCUT2D eigenvalue weighted by Crippen LogP contribution is 2.24. The van der Waals surface area contributed by atoms with Crippen LogP contribution in [0.5, 0.6) is 0 Å².